The number of nitrogens with zero attached hydrogens (tertiary/aromatic N) is 5. The van der Waals surface area contributed by atoms with E-state index in [4.69, 9.17) is 0 Å². The summed E-state index contributed by atoms with van der Waals surface area (Å²) in [4.78, 5) is 44.3. The second-order valence-electron chi connectivity index (χ2n) is 7.36. The number of amides is 3. The molecule has 9 nitrogen and oxygen atoms in total. The van der Waals surface area contributed by atoms with E-state index >= 15 is 0 Å². The molecule has 3 aromatic rings. The zero-order chi connectivity index (χ0) is 22.5. The van der Waals surface area contributed by atoms with Crippen molar-refractivity contribution in [1.29, 1.82) is 0 Å². The largest absolute Gasteiger partial charge is 0.335 e. The van der Waals surface area contributed by atoms with E-state index in [1.54, 1.807) is 41.4 Å². The standard InChI is InChI=1S/C22H21FN6O3/c23-17-5-3-4-16(10-17)12-27-8-9-28(14-20(27)30)21(31)15-29-13-18(11-25-29)26-22(32)19-6-1-2-7-24-19/h1-7,10-11,13H,8-9,12,14-15H2,(H,26,32). The number of carbonyl (C=O) groups is 3. The van der Waals surface area contributed by atoms with Crippen LogP contribution in [0.4, 0.5) is 10.1 Å². The fraction of sp³-hybridized carbons (Fsp3) is 0.227. The SMILES string of the molecule is O=C(Nc1cnn(CC(=O)N2CCN(Cc3cccc(F)c3)C(=O)C2)c1)c1ccccn1. The minimum absolute atomic E-state index is 0.0430. The Bertz CT molecular complexity index is 1130. The Morgan fingerprint density at radius 1 is 1.12 bits per heavy atom. The maximum atomic E-state index is 13.4. The summed E-state index contributed by atoms with van der Waals surface area (Å²) in [7, 11) is 0. The molecule has 0 unspecified atom stereocenters. The minimum atomic E-state index is -0.378. The predicted octanol–water partition coefficient (Wildman–Crippen LogP) is 1.54. The van der Waals surface area contributed by atoms with Gasteiger partial charge < -0.3 is 15.1 Å². The summed E-state index contributed by atoms with van der Waals surface area (Å²) in [6.45, 7) is 0.947. The van der Waals surface area contributed by atoms with Crippen molar-refractivity contribution < 1.29 is 18.8 Å². The highest BCUT2D eigenvalue weighted by atomic mass is 19.1. The number of rotatable bonds is 6. The van der Waals surface area contributed by atoms with Crippen molar-refractivity contribution in [3.63, 3.8) is 0 Å². The molecule has 1 saturated heterocycles. The number of anilines is 1. The van der Waals surface area contributed by atoms with Gasteiger partial charge in [0.1, 0.15) is 18.1 Å². The first-order valence-electron chi connectivity index (χ1n) is 10.0. The molecule has 1 aliphatic rings. The smallest absolute Gasteiger partial charge is 0.274 e. The molecule has 3 amide bonds. The van der Waals surface area contributed by atoms with E-state index in [1.807, 2.05) is 0 Å². The molecule has 0 bridgehead atoms. The lowest BCUT2D eigenvalue weighted by atomic mass is 10.2. The number of benzene rings is 1. The van der Waals surface area contributed by atoms with Crippen LogP contribution in [0, 0.1) is 5.82 Å². The minimum Gasteiger partial charge on any atom is -0.335 e. The molecule has 32 heavy (non-hydrogen) atoms. The van der Waals surface area contributed by atoms with Gasteiger partial charge >= 0.3 is 0 Å². The highest BCUT2D eigenvalue weighted by Gasteiger charge is 2.27. The quantitative estimate of drug-likeness (QED) is 0.632. The Kier molecular flexibility index (Phi) is 6.20. The van der Waals surface area contributed by atoms with Crippen molar-refractivity contribution in [1.82, 2.24) is 24.6 Å². The van der Waals surface area contributed by atoms with Crippen molar-refractivity contribution >= 4 is 23.4 Å². The number of carbonyl (C=O) groups excluding carboxylic acids is 3. The number of hydrogen-bond donors (Lipinski definition) is 1. The predicted molar refractivity (Wildman–Crippen MR) is 113 cm³/mol. The Morgan fingerprint density at radius 3 is 2.75 bits per heavy atom. The number of hydrogen-bond acceptors (Lipinski definition) is 5. The molecule has 0 aliphatic carbocycles. The lowest BCUT2D eigenvalue weighted by molar-refractivity contribution is -0.146. The van der Waals surface area contributed by atoms with Gasteiger partial charge in [0.25, 0.3) is 5.91 Å². The van der Waals surface area contributed by atoms with E-state index in [-0.39, 0.29) is 42.3 Å². The normalized spacial score (nSPS) is 13.8. The van der Waals surface area contributed by atoms with E-state index in [1.165, 1.54) is 34.1 Å². The molecule has 10 heteroatoms. The highest BCUT2D eigenvalue weighted by molar-refractivity contribution is 6.02. The maximum absolute atomic E-state index is 13.4. The molecule has 1 aliphatic heterocycles. The third-order valence-corrected chi connectivity index (χ3v) is 5.02. The van der Waals surface area contributed by atoms with Crippen molar-refractivity contribution in [3.8, 4) is 0 Å². The zero-order valence-corrected chi connectivity index (χ0v) is 17.1. The van der Waals surface area contributed by atoms with Gasteiger partial charge in [-0.25, -0.2) is 4.39 Å². The van der Waals surface area contributed by atoms with Crippen LogP contribution in [-0.4, -0.2) is 61.9 Å². The van der Waals surface area contributed by atoms with Crippen LogP contribution in [0.25, 0.3) is 0 Å². The Hall–Kier alpha value is -4.08. The molecule has 4 rings (SSSR count). The Balaban J connectivity index is 1.29. The van der Waals surface area contributed by atoms with Crippen molar-refractivity contribution in [2.75, 3.05) is 25.0 Å². The van der Waals surface area contributed by atoms with Crippen molar-refractivity contribution in [3.05, 3.63) is 78.1 Å². The van der Waals surface area contributed by atoms with Crippen LogP contribution in [0.15, 0.2) is 61.1 Å². The van der Waals surface area contributed by atoms with Gasteiger partial charge in [-0.05, 0) is 29.8 Å². The van der Waals surface area contributed by atoms with Crippen LogP contribution in [-0.2, 0) is 22.7 Å². The van der Waals surface area contributed by atoms with Gasteiger partial charge in [0.15, 0.2) is 0 Å². The molecular weight excluding hydrogens is 415 g/mol. The summed E-state index contributed by atoms with van der Waals surface area (Å²) in [6, 6.07) is 11.1. The van der Waals surface area contributed by atoms with Gasteiger partial charge in [0.05, 0.1) is 18.4 Å². The van der Waals surface area contributed by atoms with Crippen LogP contribution < -0.4 is 5.32 Å². The van der Waals surface area contributed by atoms with Gasteiger partial charge in [-0.1, -0.05) is 18.2 Å². The number of aromatic nitrogens is 3. The highest BCUT2D eigenvalue weighted by Crippen LogP contribution is 2.12. The van der Waals surface area contributed by atoms with E-state index < -0.39 is 0 Å². The average Bonchev–Trinajstić information content (AvgIpc) is 3.22. The van der Waals surface area contributed by atoms with E-state index in [0.717, 1.165) is 0 Å². The fourth-order valence-electron chi connectivity index (χ4n) is 3.39. The summed E-state index contributed by atoms with van der Waals surface area (Å²) in [5, 5.41) is 6.77. The number of halogens is 1. The van der Waals surface area contributed by atoms with E-state index in [2.05, 4.69) is 15.4 Å². The zero-order valence-electron chi connectivity index (χ0n) is 17.1. The number of pyridine rings is 1. The third-order valence-electron chi connectivity index (χ3n) is 5.02. The second-order valence-corrected chi connectivity index (χ2v) is 7.36. The first-order chi connectivity index (χ1) is 15.5. The maximum Gasteiger partial charge on any atom is 0.274 e. The summed E-state index contributed by atoms with van der Waals surface area (Å²) in [6.07, 6.45) is 4.51. The number of nitrogens with one attached hydrogen (secondary N) is 1. The molecule has 0 spiro atoms. The topological polar surface area (TPSA) is 100 Å². The molecule has 1 fully saturated rings. The van der Waals surface area contributed by atoms with Crippen LogP contribution in [0.2, 0.25) is 0 Å². The van der Waals surface area contributed by atoms with Gasteiger partial charge in [0, 0.05) is 32.0 Å². The van der Waals surface area contributed by atoms with Crippen LogP contribution in [0.5, 0.6) is 0 Å². The third kappa shape index (κ3) is 5.15. The molecule has 0 saturated carbocycles. The van der Waals surface area contributed by atoms with Gasteiger partial charge in [-0.15, -0.1) is 0 Å². The molecule has 0 radical (unpaired) electrons. The Morgan fingerprint density at radius 2 is 2.00 bits per heavy atom. The van der Waals surface area contributed by atoms with Crippen LogP contribution in [0.1, 0.15) is 16.1 Å². The van der Waals surface area contributed by atoms with Crippen LogP contribution >= 0.6 is 0 Å². The molecule has 1 aromatic carbocycles. The average molecular weight is 436 g/mol. The molecule has 3 heterocycles. The first-order valence-corrected chi connectivity index (χ1v) is 10.0. The van der Waals surface area contributed by atoms with Crippen molar-refractivity contribution in [2.45, 2.75) is 13.1 Å². The molecule has 2 aromatic heterocycles. The lowest BCUT2D eigenvalue weighted by Gasteiger charge is -2.34. The monoisotopic (exact) mass is 436 g/mol. The lowest BCUT2D eigenvalue weighted by Crippen LogP contribution is -2.52. The molecular formula is C22H21FN6O3. The summed E-state index contributed by atoms with van der Waals surface area (Å²) >= 11 is 0. The summed E-state index contributed by atoms with van der Waals surface area (Å²) in [5.74, 6) is -1.18. The van der Waals surface area contributed by atoms with Crippen LogP contribution in [0.3, 0.4) is 0 Å². The van der Waals surface area contributed by atoms with Gasteiger partial charge in [-0.3, -0.25) is 24.0 Å². The molecule has 164 valence electrons. The van der Waals surface area contributed by atoms with E-state index in [0.29, 0.717) is 30.9 Å². The van der Waals surface area contributed by atoms with E-state index in [9.17, 15) is 18.8 Å². The van der Waals surface area contributed by atoms with Gasteiger partial charge in [-0.2, -0.15) is 5.10 Å². The first kappa shape index (κ1) is 21.2. The van der Waals surface area contributed by atoms with Gasteiger partial charge in [0.2, 0.25) is 11.8 Å². The number of piperazine rings is 1. The summed E-state index contributed by atoms with van der Waals surface area (Å²) in [5.41, 5.74) is 1.41. The fourth-order valence-corrected chi connectivity index (χ4v) is 3.39. The second kappa shape index (κ2) is 9.38. The Labute approximate surface area is 183 Å². The van der Waals surface area contributed by atoms with Crippen molar-refractivity contribution in [2.24, 2.45) is 0 Å². The molecule has 0 atom stereocenters. The molecule has 1 N–H and O–H groups in total. The summed E-state index contributed by atoms with van der Waals surface area (Å²) < 4.78 is 14.8.